The molecule has 30 heavy (non-hydrogen) atoms. The molecule has 1 unspecified atom stereocenters. The molecule has 1 aromatic carbocycles. The quantitative estimate of drug-likeness (QED) is 0.611. The summed E-state index contributed by atoms with van der Waals surface area (Å²) in [6, 6.07) is 15.2. The highest BCUT2D eigenvalue weighted by Gasteiger charge is 2.25. The number of likely N-dealkylation sites (tertiary alicyclic amines) is 1. The number of aliphatic imine (C=N–C) groups is 1. The molecule has 0 bridgehead atoms. The number of pyridine rings is 1. The van der Waals surface area contributed by atoms with Crippen molar-refractivity contribution in [2.75, 3.05) is 57.8 Å². The van der Waals surface area contributed by atoms with Gasteiger partial charge in [0.2, 0.25) is 0 Å². The average Bonchev–Trinajstić information content (AvgIpc) is 3.31. The molecule has 4 rings (SSSR count). The number of hydrogen-bond donors (Lipinski definition) is 1. The zero-order valence-corrected chi connectivity index (χ0v) is 18.3. The molecule has 1 atom stereocenters. The summed E-state index contributed by atoms with van der Waals surface area (Å²) in [6.07, 6.45) is 3.17. The highest BCUT2D eigenvalue weighted by Crippen LogP contribution is 2.26. The van der Waals surface area contributed by atoms with E-state index in [1.807, 2.05) is 13.2 Å². The van der Waals surface area contributed by atoms with E-state index >= 15 is 0 Å². The minimum atomic E-state index is 0.582. The molecule has 0 spiro atoms. The lowest BCUT2D eigenvalue weighted by Gasteiger charge is -2.34. The van der Waals surface area contributed by atoms with Gasteiger partial charge in [-0.05, 0) is 30.2 Å². The summed E-state index contributed by atoms with van der Waals surface area (Å²) >= 11 is 0. The van der Waals surface area contributed by atoms with Crippen LogP contribution in [0, 0.1) is 0 Å². The fourth-order valence-electron chi connectivity index (χ4n) is 4.46. The molecule has 0 aliphatic carbocycles. The van der Waals surface area contributed by atoms with Crippen LogP contribution in [0.4, 0.5) is 5.82 Å². The molecule has 6 heteroatoms. The molecule has 0 amide bonds. The number of nitrogens with one attached hydrogen (secondary N) is 1. The Hall–Kier alpha value is -2.60. The van der Waals surface area contributed by atoms with E-state index in [0.717, 1.165) is 64.1 Å². The molecule has 2 saturated heterocycles. The van der Waals surface area contributed by atoms with Crippen LogP contribution in [0.15, 0.2) is 53.7 Å². The Kier molecular flexibility index (Phi) is 6.84. The van der Waals surface area contributed by atoms with E-state index in [-0.39, 0.29) is 0 Å². The van der Waals surface area contributed by atoms with E-state index in [1.165, 1.54) is 17.5 Å². The standard InChI is InChI=1S/C24H34N6/c1-3-28-13-15-29(16-14-28)23-10-9-20(17-26-23)18-27-24(25-2)30-12-11-22(19-30)21-7-5-4-6-8-21/h4-10,17,22H,3,11-16,18-19H2,1-2H3,(H,25,27). The average molecular weight is 407 g/mol. The molecule has 2 aliphatic heterocycles. The SMILES string of the molecule is CCN1CCN(c2ccc(CNC(=NC)N3CCC(c4ccccc4)C3)cn2)CC1. The van der Waals surface area contributed by atoms with Crippen molar-refractivity contribution < 1.29 is 0 Å². The predicted molar refractivity (Wildman–Crippen MR) is 124 cm³/mol. The predicted octanol–water partition coefficient (Wildman–Crippen LogP) is 2.79. The lowest BCUT2D eigenvalue weighted by atomic mass is 9.99. The Morgan fingerprint density at radius 3 is 2.53 bits per heavy atom. The van der Waals surface area contributed by atoms with Crippen molar-refractivity contribution >= 4 is 11.8 Å². The number of rotatable bonds is 5. The van der Waals surface area contributed by atoms with Crippen molar-refractivity contribution in [3.63, 3.8) is 0 Å². The van der Waals surface area contributed by atoms with Crippen LogP contribution in [0.5, 0.6) is 0 Å². The lowest BCUT2D eigenvalue weighted by molar-refractivity contribution is 0.270. The zero-order valence-electron chi connectivity index (χ0n) is 18.3. The van der Waals surface area contributed by atoms with Gasteiger partial charge >= 0.3 is 0 Å². The number of anilines is 1. The molecule has 6 nitrogen and oxygen atoms in total. The number of hydrogen-bond acceptors (Lipinski definition) is 4. The second-order valence-corrected chi connectivity index (χ2v) is 8.19. The lowest BCUT2D eigenvalue weighted by Crippen LogP contribution is -2.46. The fourth-order valence-corrected chi connectivity index (χ4v) is 4.46. The summed E-state index contributed by atoms with van der Waals surface area (Å²) in [5, 5.41) is 3.53. The minimum Gasteiger partial charge on any atom is -0.354 e. The van der Waals surface area contributed by atoms with Gasteiger partial charge in [-0.1, -0.05) is 43.3 Å². The van der Waals surface area contributed by atoms with Crippen molar-refractivity contribution in [2.45, 2.75) is 25.8 Å². The third kappa shape index (κ3) is 4.93. The molecule has 2 aliphatic rings. The number of aromatic nitrogens is 1. The number of benzene rings is 1. The molecule has 1 aromatic heterocycles. The first-order valence-corrected chi connectivity index (χ1v) is 11.2. The van der Waals surface area contributed by atoms with Crippen molar-refractivity contribution in [3.05, 3.63) is 59.8 Å². The summed E-state index contributed by atoms with van der Waals surface area (Å²) in [4.78, 5) is 16.5. The minimum absolute atomic E-state index is 0.582. The van der Waals surface area contributed by atoms with Crippen LogP contribution >= 0.6 is 0 Å². The molecule has 160 valence electrons. The van der Waals surface area contributed by atoms with E-state index in [9.17, 15) is 0 Å². The molecular formula is C24H34N6. The van der Waals surface area contributed by atoms with Crippen molar-refractivity contribution in [1.82, 2.24) is 20.1 Å². The number of guanidine groups is 1. The van der Waals surface area contributed by atoms with Gasteiger partial charge in [0.1, 0.15) is 5.82 Å². The second kappa shape index (κ2) is 9.94. The van der Waals surface area contributed by atoms with Gasteiger partial charge in [0.05, 0.1) is 0 Å². The van der Waals surface area contributed by atoms with Crippen LogP contribution in [0.2, 0.25) is 0 Å². The summed E-state index contributed by atoms with van der Waals surface area (Å²) in [6.45, 7) is 10.5. The van der Waals surface area contributed by atoms with Gasteiger partial charge in [-0.25, -0.2) is 4.98 Å². The smallest absolute Gasteiger partial charge is 0.193 e. The number of piperazine rings is 1. The Labute approximate surface area is 180 Å². The van der Waals surface area contributed by atoms with E-state index in [1.54, 1.807) is 0 Å². The maximum Gasteiger partial charge on any atom is 0.193 e. The van der Waals surface area contributed by atoms with Crippen LogP contribution in [0.25, 0.3) is 0 Å². The third-order valence-corrected chi connectivity index (χ3v) is 6.37. The Morgan fingerprint density at radius 1 is 1.07 bits per heavy atom. The van der Waals surface area contributed by atoms with Gasteiger partial charge in [0, 0.05) is 65.0 Å². The molecule has 3 heterocycles. The van der Waals surface area contributed by atoms with Crippen LogP contribution in [0.3, 0.4) is 0 Å². The highest BCUT2D eigenvalue weighted by atomic mass is 15.3. The first-order chi connectivity index (χ1) is 14.8. The van der Waals surface area contributed by atoms with Crippen LogP contribution in [-0.2, 0) is 6.54 Å². The molecule has 0 saturated carbocycles. The van der Waals surface area contributed by atoms with E-state index in [2.05, 4.69) is 74.4 Å². The van der Waals surface area contributed by atoms with Crippen LogP contribution < -0.4 is 10.2 Å². The van der Waals surface area contributed by atoms with Crippen molar-refractivity contribution in [1.29, 1.82) is 0 Å². The maximum atomic E-state index is 4.72. The van der Waals surface area contributed by atoms with Gasteiger partial charge < -0.3 is 20.0 Å². The van der Waals surface area contributed by atoms with E-state index < -0.39 is 0 Å². The fraction of sp³-hybridized carbons (Fsp3) is 0.500. The van der Waals surface area contributed by atoms with Gasteiger partial charge in [0.15, 0.2) is 5.96 Å². The highest BCUT2D eigenvalue weighted by molar-refractivity contribution is 5.80. The largest absolute Gasteiger partial charge is 0.354 e. The summed E-state index contributed by atoms with van der Waals surface area (Å²) < 4.78 is 0. The van der Waals surface area contributed by atoms with Gasteiger partial charge in [-0.15, -0.1) is 0 Å². The number of nitrogens with zero attached hydrogens (tertiary/aromatic N) is 5. The maximum absolute atomic E-state index is 4.72. The van der Waals surface area contributed by atoms with Crippen LogP contribution in [0.1, 0.15) is 30.4 Å². The van der Waals surface area contributed by atoms with E-state index in [0.29, 0.717) is 5.92 Å². The van der Waals surface area contributed by atoms with Gasteiger partial charge in [-0.2, -0.15) is 0 Å². The van der Waals surface area contributed by atoms with Crippen LogP contribution in [-0.4, -0.2) is 73.6 Å². The Bertz CT molecular complexity index is 811. The second-order valence-electron chi connectivity index (χ2n) is 8.19. The van der Waals surface area contributed by atoms with E-state index in [4.69, 9.17) is 4.98 Å². The summed E-state index contributed by atoms with van der Waals surface area (Å²) in [5.41, 5.74) is 2.61. The summed E-state index contributed by atoms with van der Waals surface area (Å²) in [7, 11) is 1.87. The normalized spacial score (nSPS) is 20.6. The molecule has 2 fully saturated rings. The zero-order chi connectivity index (χ0) is 20.8. The summed E-state index contributed by atoms with van der Waals surface area (Å²) in [5.74, 6) is 2.65. The monoisotopic (exact) mass is 406 g/mol. The molecule has 0 radical (unpaired) electrons. The Morgan fingerprint density at radius 2 is 1.87 bits per heavy atom. The first-order valence-electron chi connectivity index (χ1n) is 11.2. The third-order valence-electron chi connectivity index (χ3n) is 6.37. The van der Waals surface area contributed by atoms with Gasteiger partial charge in [-0.3, -0.25) is 4.99 Å². The first kappa shape index (κ1) is 20.7. The topological polar surface area (TPSA) is 47.0 Å². The van der Waals surface area contributed by atoms with Crippen molar-refractivity contribution in [2.24, 2.45) is 4.99 Å². The Balaban J connectivity index is 1.28. The molecule has 2 aromatic rings. The number of likely N-dealkylation sites (N-methyl/N-ethyl adjacent to an activating group) is 1. The van der Waals surface area contributed by atoms with Gasteiger partial charge in [0.25, 0.3) is 0 Å². The molecular weight excluding hydrogens is 372 g/mol. The molecule has 1 N–H and O–H groups in total. The van der Waals surface area contributed by atoms with Crippen molar-refractivity contribution in [3.8, 4) is 0 Å².